The number of urea groups is 1. The van der Waals surface area contributed by atoms with Crippen molar-refractivity contribution in [1.82, 2.24) is 20.6 Å². The second-order valence-electron chi connectivity index (χ2n) is 6.35. The van der Waals surface area contributed by atoms with E-state index in [9.17, 15) is 19.2 Å². The van der Waals surface area contributed by atoms with E-state index >= 15 is 0 Å². The summed E-state index contributed by atoms with van der Waals surface area (Å²) in [6, 6.07) is 0.784. The summed E-state index contributed by atoms with van der Waals surface area (Å²) in [4.78, 5) is 53.9. The number of H-pyrrole nitrogens is 1. The molecule has 0 aromatic carbocycles. The summed E-state index contributed by atoms with van der Waals surface area (Å²) in [5, 5.41) is 4.65. The molecular formula is C17H24N4O5S. The molecule has 1 fully saturated rings. The number of ether oxygens (including phenoxy) is 1. The van der Waals surface area contributed by atoms with Crippen LogP contribution < -0.4 is 16.2 Å². The third kappa shape index (κ3) is 7.05. The SMILES string of the molecule is COC(=O)Cc1cc(=O)[nH]c(S[C@@H](C)C(=O)NC(=O)NC2CCCCC2)n1. The highest BCUT2D eigenvalue weighted by molar-refractivity contribution is 8.00. The summed E-state index contributed by atoms with van der Waals surface area (Å²) in [5.41, 5.74) is -0.190. The molecule has 0 spiro atoms. The number of amides is 3. The van der Waals surface area contributed by atoms with Crippen molar-refractivity contribution in [3.8, 4) is 0 Å². The number of aromatic nitrogens is 2. The molecule has 1 aromatic rings. The molecule has 3 N–H and O–H groups in total. The minimum Gasteiger partial charge on any atom is -0.469 e. The lowest BCUT2D eigenvalue weighted by molar-refractivity contribution is -0.139. The molecule has 1 aromatic heterocycles. The Balaban J connectivity index is 1.90. The third-order valence-electron chi connectivity index (χ3n) is 4.16. The van der Waals surface area contributed by atoms with Gasteiger partial charge in [-0.25, -0.2) is 9.78 Å². The molecule has 1 atom stereocenters. The average Bonchev–Trinajstić information content (AvgIpc) is 2.61. The van der Waals surface area contributed by atoms with Gasteiger partial charge in [0.25, 0.3) is 5.56 Å². The molecule has 2 rings (SSSR count). The van der Waals surface area contributed by atoms with Crippen LogP contribution in [0.1, 0.15) is 44.7 Å². The smallest absolute Gasteiger partial charge is 0.321 e. The lowest BCUT2D eigenvalue weighted by atomic mass is 9.96. The maximum atomic E-state index is 12.2. The number of hydrogen-bond acceptors (Lipinski definition) is 7. The van der Waals surface area contributed by atoms with Gasteiger partial charge in [0, 0.05) is 12.1 Å². The maximum Gasteiger partial charge on any atom is 0.321 e. The minimum atomic E-state index is -0.668. The number of esters is 1. The van der Waals surface area contributed by atoms with Gasteiger partial charge in [-0.3, -0.25) is 19.7 Å². The van der Waals surface area contributed by atoms with Crippen molar-refractivity contribution in [2.24, 2.45) is 0 Å². The van der Waals surface area contributed by atoms with Gasteiger partial charge in [-0.15, -0.1) is 0 Å². The summed E-state index contributed by atoms with van der Waals surface area (Å²) in [6.45, 7) is 1.60. The van der Waals surface area contributed by atoms with E-state index in [1.807, 2.05) is 0 Å². The van der Waals surface area contributed by atoms with Crippen molar-refractivity contribution in [3.05, 3.63) is 22.1 Å². The van der Waals surface area contributed by atoms with Crippen molar-refractivity contribution in [2.75, 3.05) is 7.11 Å². The molecule has 0 unspecified atom stereocenters. The van der Waals surface area contributed by atoms with Gasteiger partial charge in [0.1, 0.15) is 0 Å². The summed E-state index contributed by atoms with van der Waals surface area (Å²) in [5.74, 6) is -1.01. The van der Waals surface area contributed by atoms with Crippen LogP contribution in [0.4, 0.5) is 4.79 Å². The standard InChI is InChI=1S/C17H24N4O5S/c1-10(15(24)21-16(25)18-11-6-4-3-5-7-11)27-17-19-12(8-13(22)20-17)9-14(23)26-2/h8,10-11H,3-7,9H2,1-2H3,(H,19,20,22)(H2,18,21,24,25)/t10-/m0/s1. The maximum absolute atomic E-state index is 12.2. The first kappa shape index (κ1) is 20.9. The number of carbonyl (C=O) groups excluding carboxylic acids is 3. The van der Waals surface area contributed by atoms with E-state index in [0.29, 0.717) is 0 Å². The van der Waals surface area contributed by atoms with Crippen LogP contribution in [0.5, 0.6) is 0 Å². The molecule has 148 valence electrons. The largest absolute Gasteiger partial charge is 0.469 e. The van der Waals surface area contributed by atoms with Crippen LogP contribution in [0.3, 0.4) is 0 Å². The van der Waals surface area contributed by atoms with Gasteiger partial charge in [0.05, 0.1) is 24.5 Å². The fraction of sp³-hybridized carbons (Fsp3) is 0.588. The van der Waals surface area contributed by atoms with E-state index in [1.54, 1.807) is 6.92 Å². The van der Waals surface area contributed by atoms with Gasteiger partial charge < -0.3 is 15.0 Å². The summed E-state index contributed by atoms with van der Waals surface area (Å²) in [7, 11) is 1.25. The molecule has 10 heteroatoms. The number of carbonyl (C=O) groups is 3. The number of hydrogen-bond donors (Lipinski definition) is 3. The van der Waals surface area contributed by atoms with Gasteiger partial charge in [-0.05, 0) is 19.8 Å². The predicted molar refractivity (Wildman–Crippen MR) is 99.4 cm³/mol. The van der Waals surface area contributed by atoms with Gasteiger partial charge in [-0.1, -0.05) is 31.0 Å². The summed E-state index contributed by atoms with van der Waals surface area (Å²) < 4.78 is 4.55. The molecule has 1 aliphatic rings. The molecule has 9 nitrogen and oxygen atoms in total. The van der Waals surface area contributed by atoms with Crippen molar-refractivity contribution in [1.29, 1.82) is 0 Å². The predicted octanol–water partition coefficient (Wildman–Crippen LogP) is 1.12. The lowest BCUT2D eigenvalue weighted by Crippen LogP contribution is -2.47. The van der Waals surface area contributed by atoms with Crippen molar-refractivity contribution >= 4 is 29.7 Å². The highest BCUT2D eigenvalue weighted by atomic mass is 32.2. The van der Waals surface area contributed by atoms with E-state index in [-0.39, 0.29) is 23.3 Å². The van der Waals surface area contributed by atoms with Crippen LogP contribution in [0, 0.1) is 0 Å². The normalized spacial score (nSPS) is 15.6. The van der Waals surface area contributed by atoms with Crippen LogP contribution in [0.2, 0.25) is 0 Å². The van der Waals surface area contributed by atoms with Crippen molar-refractivity contribution < 1.29 is 19.1 Å². The van der Waals surface area contributed by atoms with E-state index < -0.39 is 28.7 Å². The Kier molecular flexibility index (Phi) is 7.83. The zero-order chi connectivity index (χ0) is 19.8. The molecular weight excluding hydrogens is 372 g/mol. The van der Waals surface area contributed by atoms with E-state index in [2.05, 4.69) is 25.3 Å². The van der Waals surface area contributed by atoms with E-state index in [1.165, 1.54) is 19.6 Å². The van der Waals surface area contributed by atoms with E-state index in [0.717, 1.165) is 37.4 Å². The van der Waals surface area contributed by atoms with Gasteiger partial charge in [-0.2, -0.15) is 0 Å². The highest BCUT2D eigenvalue weighted by Crippen LogP contribution is 2.19. The zero-order valence-electron chi connectivity index (χ0n) is 15.4. The first-order valence-electron chi connectivity index (χ1n) is 8.82. The molecule has 0 bridgehead atoms. The van der Waals surface area contributed by atoms with Gasteiger partial charge in [0.2, 0.25) is 5.91 Å². The number of nitrogens with zero attached hydrogens (tertiary/aromatic N) is 1. The number of aromatic amines is 1. The first-order chi connectivity index (χ1) is 12.9. The Labute approximate surface area is 161 Å². The monoisotopic (exact) mass is 396 g/mol. The second-order valence-corrected chi connectivity index (χ2v) is 7.68. The molecule has 0 aliphatic heterocycles. The molecule has 1 heterocycles. The summed E-state index contributed by atoms with van der Waals surface area (Å²) in [6.07, 6.45) is 5.03. The van der Waals surface area contributed by atoms with Crippen molar-refractivity contribution in [2.45, 2.75) is 61.9 Å². The minimum absolute atomic E-state index is 0.0996. The number of methoxy groups -OCH3 is 1. The quantitative estimate of drug-likeness (QED) is 0.373. The van der Waals surface area contributed by atoms with Crippen LogP contribution in [0.15, 0.2) is 16.0 Å². The first-order valence-corrected chi connectivity index (χ1v) is 9.70. The average molecular weight is 396 g/mol. The Morgan fingerprint density at radius 1 is 1.33 bits per heavy atom. The number of rotatable bonds is 6. The zero-order valence-corrected chi connectivity index (χ0v) is 16.2. The van der Waals surface area contributed by atoms with Crippen LogP contribution in [0.25, 0.3) is 0 Å². The number of imide groups is 1. The topological polar surface area (TPSA) is 130 Å². The molecule has 1 saturated carbocycles. The van der Waals surface area contributed by atoms with Crippen LogP contribution >= 0.6 is 11.8 Å². The Bertz CT molecular complexity index is 745. The third-order valence-corrected chi connectivity index (χ3v) is 5.15. The fourth-order valence-electron chi connectivity index (χ4n) is 2.75. The van der Waals surface area contributed by atoms with Crippen LogP contribution in [-0.4, -0.2) is 46.3 Å². The Morgan fingerprint density at radius 2 is 2.04 bits per heavy atom. The lowest BCUT2D eigenvalue weighted by Gasteiger charge is -2.23. The van der Waals surface area contributed by atoms with Gasteiger partial charge >= 0.3 is 12.0 Å². The molecule has 27 heavy (non-hydrogen) atoms. The highest BCUT2D eigenvalue weighted by Gasteiger charge is 2.21. The second kappa shape index (κ2) is 10.1. The number of thioether (sulfide) groups is 1. The molecule has 1 aliphatic carbocycles. The molecule has 0 saturated heterocycles. The number of nitrogens with one attached hydrogen (secondary N) is 3. The van der Waals surface area contributed by atoms with E-state index in [4.69, 9.17) is 0 Å². The van der Waals surface area contributed by atoms with Crippen LogP contribution in [-0.2, 0) is 20.7 Å². The molecule has 3 amide bonds. The Hall–Kier alpha value is -2.36. The fourth-order valence-corrected chi connectivity index (χ4v) is 3.58. The Morgan fingerprint density at radius 3 is 2.70 bits per heavy atom. The summed E-state index contributed by atoms with van der Waals surface area (Å²) >= 11 is 0.992. The van der Waals surface area contributed by atoms with Gasteiger partial charge in [0.15, 0.2) is 5.16 Å². The molecule has 0 radical (unpaired) electrons. The van der Waals surface area contributed by atoms with Crippen molar-refractivity contribution in [3.63, 3.8) is 0 Å².